The van der Waals surface area contributed by atoms with Crippen LogP contribution in [0.25, 0.3) is 22.4 Å². The zero-order valence-electron chi connectivity index (χ0n) is 14.4. The smallest absolute Gasteiger partial charge is 0.262 e. The van der Waals surface area contributed by atoms with Gasteiger partial charge in [-0.05, 0) is 36.5 Å². The summed E-state index contributed by atoms with van der Waals surface area (Å²) in [5, 5.41) is 0. The standard InChI is InChI=1S/C22H19NO2/c1-14(24)19-20(16-9-4-3-5-10-16)18-13-12-15-8-6-7-11-17(15)21(18)23(2)22(19)25/h3-11H,12-13H2,1-2H3. The number of carbonyl (C=O) groups excluding carboxylic acids is 1. The van der Waals surface area contributed by atoms with Gasteiger partial charge in [0, 0.05) is 18.2 Å². The normalized spacial score (nSPS) is 12.4. The number of fused-ring (bicyclic) bond motifs is 3. The van der Waals surface area contributed by atoms with E-state index in [-0.39, 0.29) is 11.3 Å². The molecule has 0 saturated carbocycles. The van der Waals surface area contributed by atoms with Gasteiger partial charge in [0.25, 0.3) is 5.56 Å². The summed E-state index contributed by atoms with van der Waals surface area (Å²) in [5.74, 6) is -0.180. The van der Waals surface area contributed by atoms with Crippen LogP contribution in [0, 0.1) is 0 Å². The van der Waals surface area contributed by atoms with E-state index in [1.165, 1.54) is 12.5 Å². The second-order valence-corrected chi connectivity index (χ2v) is 6.52. The molecule has 4 rings (SSSR count). The maximum absolute atomic E-state index is 13.0. The molecule has 1 aliphatic carbocycles. The number of hydrogen-bond donors (Lipinski definition) is 0. The summed E-state index contributed by atoms with van der Waals surface area (Å²) >= 11 is 0. The van der Waals surface area contributed by atoms with Gasteiger partial charge in [0.15, 0.2) is 5.78 Å². The van der Waals surface area contributed by atoms with Crippen LogP contribution >= 0.6 is 0 Å². The minimum Gasteiger partial charge on any atom is -0.310 e. The average molecular weight is 329 g/mol. The second-order valence-electron chi connectivity index (χ2n) is 6.52. The van der Waals surface area contributed by atoms with Gasteiger partial charge >= 0.3 is 0 Å². The van der Waals surface area contributed by atoms with Gasteiger partial charge in [-0.2, -0.15) is 0 Å². The van der Waals surface area contributed by atoms with E-state index < -0.39 is 0 Å². The monoisotopic (exact) mass is 329 g/mol. The molecule has 1 aromatic heterocycles. The summed E-state index contributed by atoms with van der Waals surface area (Å²) in [5.41, 5.74) is 6.19. The molecule has 1 aliphatic rings. The van der Waals surface area contributed by atoms with Gasteiger partial charge in [-0.15, -0.1) is 0 Å². The Hall–Kier alpha value is -2.94. The van der Waals surface area contributed by atoms with E-state index in [0.717, 1.165) is 40.8 Å². The Morgan fingerprint density at radius 3 is 2.36 bits per heavy atom. The zero-order valence-corrected chi connectivity index (χ0v) is 14.4. The molecule has 3 aromatic rings. The van der Waals surface area contributed by atoms with Crippen molar-refractivity contribution < 1.29 is 4.79 Å². The lowest BCUT2D eigenvalue weighted by Crippen LogP contribution is -2.29. The summed E-state index contributed by atoms with van der Waals surface area (Å²) in [6, 6.07) is 18.0. The molecule has 3 heteroatoms. The Bertz CT molecular complexity index is 1050. The molecule has 0 N–H and O–H groups in total. The van der Waals surface area contributed by atoms with Crippen molar-refractivity contribution in [2.24, 2.45) is 7.05 Å². The van der Waals surface area contributed by atoms with Crippen molar-refractivity contribution in [2.75, 3.05) is 0 Å². The van der Waals surface area contributed by atoms with Gasteiger partial charge < -0.3 is 4.57 Å². The Balaban J connectivity index is 2.17. The number of aromatic nitrogens is 1. The predicted octanol–water partition coefficient (Wildman–Crippen LogP) is 4.02. The average Bonchev–Trinajstić information content (AvgIpc) is 2.64. The molecule has 0 bridgehead atoms. The molecule has 1 heterocycles. The van der Waals surface area contributed by atoms with Crippen LogP contribution in [0.4, 0.5) is 0 Å². The van der Waals surface area contributed by atoms with Crippen molar-refractivity contribution in [3.63, 3.8) is 0 Å². The lowest BCUT2D eigenvalue weighted by Gasteiger charge is -2.26. The molecule has 0 unspecified atom stereocenters. The molecule has 0 aliphatic heterocycles. The third-order valence-corrected chi connectivity index (χ3v) is 5.02. The first-order chi connectivity index (χ1) is 12.1. The first-order valence-electron chi connectivity index (χ1n) is 8.50. The Kier molecular flexibility index (Phi) is 3.65. The second kappa shape index (κ2) is 5.85. The summed E-state index contributed by atoms with van der Waals surface area (Å²) in [6.45, 7) is 1.48. The van der Waals surface area contributed by atoms with Crippen LogP contribution in [0.1, 0.15) is 28.4 Å². The summed E-state index contributed by atoms with van der Waals surface area (Å²) in [7, 11) is 1.77. The van der Waals surface area contributed by atoms with Crippen molar-refractivity contribution >= 4 is 5.78 Å². The highest BCUT2D eigenvalue weighted by Gasteiger charge is 2.27. The summed E-state index contributed by atoms with van der Waals surface area (Å²) < 4.78 is 1.65. The fourth-order valence-corrected chi connectivity index (χ4v) is 3.91. The first-order valence-corrected chi connectivity index (χ1v) is 8.50. The lowest BCUT2D eigenvalue weighted by atomic mass is 9.82. The number of rotatable bonds is 2. The van der Waals surface area contributed by atoms with Gasteiger partial charge in [-0.1, -0.05) is 54.6 Å². The third-order valence-electron chi connectivity index (χ3n) is 5.02. The highest BCUT2D eigenvalue weighted by Crippen LogP contribution is 2.39. The number of ketones is 1. The predicted molar refractivity (Wildman–Crippen MR) is 100.0 cm³/mol. The highest BCUT2D eigenvalue weighted by molar-refractivity contribution is 6.02. The number of pyridine rings is 1. The van der Waals surface area contributed by atoms with Crippen molar-refractivity contribution in [3.8, 4) is 22.4 Å². The maximum atomic E-state index is 13.0. The maximum Gasteiger partial charge on any atom is 0.262 e. The molecule has 3 nitrogen and oxygen atoms in total. The number of hydrogen-bond acceptors (Lipinski definition) is 2. The molecule has 0 radical (unpaired) electrons. The number of nitrogens with zero attached hydrogens (tertiary/aromatic N) is 1. The molecular formula is C22H19NO2. The van der Waals surface area contributed by atoms with Gasteiger partial charge in [-0.25, -0.2) is 0 Å². The minimum atomic E-state index is -0.221. The van der Waals surface area contributed by atoms with E-state index in [4.69, 9.17) is 0 Å². The lowest BCUT2D eigenvalue weighted by molar-refractivity contribution is 0.101. The van der Waals surface area contributed by atoms with E-state index in [1.807, 2.05) is 42.5 Å². The Morgan fingerprint density at radius 2 is 1.64 bits per heavy atom. The molecule has 25 heavy (non-hydrogen) atoms. The molecule has 124 valence electrons. The molecule has 0 amide bonds. The van der Waals surface area contributed by atoms with Crippen LogP contribution in [0.2, 0.25) is 0 Å². The van der Waals surface area contributed by atoms with Crippen LogP contribution in [-0.4, -0.2) is 10.4 Å². The first kappa shape index (κ1) is 15.6. The summed E-state index contributed by atoms with van der Waals surface area (Å²) in [4.78, 5) is 25.4. The quantitative estimate of drug-likeness (QED) is 0.666. The number of benzene rings is 2. The summed E-state index contributed by atoms with van der Waals surface area (Å²) in [6.07, 6.45) is 1.74. The Labute approximate surface area is 146 Å². The van der Waals surface area contributed by atoms with E-state index >= 15 is 0 Å². The van der Waals surface area contributed by atoms with Gasteiger partial charge in [0.2, 0.25) is 0 Å². The van der Waals surface area contributed by atoms with Gasteiger partial charge in [0.1, 0.15) is 0 Å². The van der Waals surface area contributed by atoms with E-state index in [0.29, 0.717) is 5.56 Å². The SMILES string of the molecule is CC(=O)c1c(-c2ccccc2)c2c(n(C)c1=O)-c1ccccc1CC2. The molecule has 0 spiro atoms. The highest BCUT2D eigenvalue weighted by atomic mass is 16.1. The fourth-order valence-electron chi connectivity index (χ4n) is 3.91. The minimum absolute atomic E-state index is 0.180. The molecule has 2 aromatic carbocycles. The number of carbonyl (C=O) groups is 1. The van der Waals surface area contributed by atoms with Crippen LogP contribution in [0.5, 0.6) is 0 Å². The number of Topliss-reactive ketones (excluding diaryl/α,β-unsaturated/α-hetero) is 1. The van der Waals surface area contributed by atoms with Crippen LogP contribution in [-0.2, 0) is 19.9 Å². The van der Waals surface area contributed by atoms with Crippen LogP contribution in [0.15, 0.2) is 59.4 Å². The van der Waals surface area contributed by atoms with Gasteiger partial charge in [-0.3, -0.25) is 9.59 Å². The zero-order chi connectivity index (χ0) is 17.6. The molecule has 0 saturated heterocycles. The fraction of sp³-hybridized carbons (Fsp3) is 0.182. The van der Waals surface area contributed by atoms with E-state index in [9.17, 15) is 9.59 Å². The van der Waals surface area contributed by atoms with Crippen molar-refractivity contribution in [1.82, 2.24) is 4.57 Å². The molecular weight excluding hydrogens is 310 g/mol. The van der Waals surface area contributed by atoms with Gasteiger partial charge in [0.05, 0.1) is 11.3 Å². The number of aryl methyl sites for hydroxylation is 1. The molecule has 0 atom stereocenters. The van der Waals surface area contributed by atoms with Crippen LogP contribution < -0.4 is 5.56 Å². The Morgan fingerprint density at radius 1 is 0.960 bits per heavy atom. The molecule has 0 fully saturated rings. The van der Waals surface area contributed by atoms with Crippen molar-refractivity contribution in [3.05, 3.63) is 81.6 Å². The third kappa shape index (κ3) is 2.35. The van der Waals surface area contributed by atoms with Crippen molar-refractivity contribution in [2.45, 2.75) is 19.8 Å². The topological polar surface area (TPSA) is 39.1 Å². The van der Waals surface area contributed by atoms with E-state index in [2.05, 4.69) is 12.1 Å². The van der Waals surface area contributed by atoms with Crippen LogP contribution in [0.3, 0.4) is 0 Å². The largest absolute Gasteiger partial charge is 0.310 e. The van der Waals surface area contributed by atoms with E-state index in [1.54, 1.807) is 11.6 Å². The van der Waals surface area contributed by atoms with Crippen molar-refractivity contribution in [1.29, 1.82) is 0 Å².